The second kappa shape index (κ2) is 4.31. The van der Waals surface area contributed by atoms with E-state index in [0.29, 0.717) is 11.3 Å². The molecule has 2 atom stereocenters. The number of aromatic nitrogens is 2. The Kier molecular flexibility index (Phi) is 3.02. The molecule has 1 N–H and O–H groups in total. The minimum absolute atomic E-state index is 0.0903. The first-order chi connectivity index (χ1) is 7.61. The number of aromatic amines is 1. The lowest BCUT2D eigenvalue weighted by atomic mass is 10.3. The molecule has 86 valence electrons. The summed E-state index contributed by atoms with van der Waals surface area (Å²) in [7, 11) is 0. The van der Waals surface area contributed by atoms with Gasteiger partial charge in [-0.15, -0.1) is 0 Å². The number of aryl methyl sites for hydroxylation is 1. The van der Waals surface area contributed by atoms with Crippen LogP contribution in [0, 0.1) is 6.92 Å². The van der Waals surface area contributed by atoms with Gasteiger partial charge in [0.2, 0.25) is 0 Å². The lowest BCUT2D eigenvalue weighted by molar-refractivity contribution is 0.0267. The molecule has 2 rings (SSSR count). The molecule has 16 heavy (non-hydrogen) atoms. The molecule has 1 aliphatic rings. The fourth-order valence-electron chi connectivity index (χ4n) is 1.53. The maximum absolute atomic E-state index is 11.5. The molecule has 1 aromatic rings. The highest BCUT2D eigenvalue weighted by molar-refractivity contribution is 7.80. The summed E-state index contributed by atoms with van der Waals surface area (Å²) in [5.74, 6) is 0.560. The van der Waals surface area contributed by atoms with Crippen LogP contribution in [0.5, 0.6) is 0 Å². The van der Waals surface area contributed by atoms with Crippen LogP contribution in [-0.4, -0.2) is 21.4 Å². The Morgan fingerprint density at radius 1 is 1.50 bits per heavy atom. The van der Waals surface area contributed by atoms with Gasteiger partial charge in [0, 0.05) is 17.5 Å². The molecule has 0 fully saturated rings. The minimum Gasteiger partial charge on any atom is -0.346 e. The van der Waals surface area contributed by atoms with E-state index in [0.717, 1.165) is 0 Å². The third-order valence-corrected chi connectivity index (χ3v) is 2.76. The van der Waals surface area contributed by atoms with Crippen molar-refractivity contribution in [2.75, 3.05) is 5.75 Å². The van der Waals surface area contributed by atoms with Crippen molar-refractivity contribution in [2.24, 2.45) is 0 Å². The number of ether oxygens (including phenoxy) is 1. The molecule has 0 spiro atoms. The van der Waals surface area contributed by atoms with Gasteiger partial charge < -0.3 is 4.74 Å². The zero-order valence-electron chi connectivity index (χ0n) is 8.71. The predicted octanol–water partition coefficient (Wildman–Crippen LogP) is 0.228. The first-order valence-electron chi connectivity index (χ1n) is 4.88. The molecule has 0 aliphatic carbocycles. The van der Waals surface area contributed by atoms with Crippen LogP contribution < -0.4 is 11.2 Å². The topological polar surface area (TPSA) is 64.1 Å². The summed E-state index contributed by atoms with van der Waals surface area (Å²) in [4.78, 5) is 25.0. The van der Waals surface area contributed by atoms with Crippen LogP contribution >= 0.6 is 12.6 Å². The van der Waals surface area contributed by atoms with Gasteiger partial charge in [-0.25, -0.2) is 4.79 Å². The average Bonchev–Trinajstić information content (AvgIpc) is 2.71. The molecule has 6 heteroatoms. The van der Waals surface area contributed by atoms with E-state index >= 15 is 0 Å². The number of thiol groups is 1. The molecule has 1 aliphatic heterocycles. The monoisotopic (exact) mass is 240 g/mol. The van der Waals surface area contributed by atoms with Crippen LogP contribution in [0.4, 0.5) is 0 Å². The Hall–Kier alpha value is -1.27. The molecule has 1 unspecified atom stereocenters. The molecule has 0 aromatic carbocycles. The fourth-order valence-corrected chi connectivity index (χ4v) is 1.73. The largest absolute Gasteiger partial charge is 0.346 e. The second-order valence-electron chi connectivity index (χ2n) is 3.61. The molecule has 0 amide bonds. The normalized spacial score (nSPS) is 23.9. The van der Waals surface area contributed by atoms with E-state index in [9.17, 15) is 9.59 Å². The van der Waals surface area contributed by atoms with Gasteiger partial charge in [-0.05, 0) is 13.0 Å². The van der Waals surface area contributed by atoms with Crippen molar-refractivity contribution >= 4 is 12.6 Å². The standard InChI is InChI=1S/C10H12N2O3S/c1-6-4-12(10(14)11-9(6)13)8-3-2-7(5-16)15-8/h2-4,7-8,16H,5H2,1H3,(H,11,13,14)/t7?,8-/m1/s1. The van der Waals surface area contributed by atoms with Crippen LogP contribution in [0.2, 0.25) is 0 Å². The van der Waals surface area contributed by atoms with Gasteiger partial charge in [-0.3, -0.25) is 14.3 Å². The molecule has 0 saturated heterocycles. The lowest BCUT2D eigenvalue weighted by Crippen LogP contribution is -2.33. The SMILES string of the molecule is Cc1cn([C@H]2C=CC(CS)O2)c(=O)[nH]c1=O. The number of nitrogens with zero attached hydrogens (tertiary/aromatic N) is 1. The van der Waals surface area contributed by atoms with Gasteiger partial charge in [-0.1, -0.05) is 6.08 Å². The van der Waals surface area contributed by atoms with E-state index < -0.39 is 11.9 Å². The van der Waals surface area contributed by atoms with E-state index in [1.807, 2.05) is 6.08 Å². The highest BCUT2D eigenvalue weighted by atomic mass is 32.1. The van der Waals surface area contributed by atoms with Crippen molar-refractivity contribution in [3.8, 4) is 0 Å². The van der Waals surface area contributed by atoms with Gasteiger partial charge >= 0.3 is 5.69 Å². The fraction of sp³-hybridized carbons (Fsp3) is 0.400. The van der Waals surface area contributed by atoms with E-state index in [2.05, 4.69) is 17.6 Å². The maximum atomic E-state index is 11.5. The third-order valence-electron chi connectivity index (χ3n) is 2.40. The molecule has 0 bridgehead atoms. The minimum atomic E-state index is -0.468. The zero-order chi connectivity index (χ0) is 11.7. The number of nitrogens with one attached hydrogen (secondary N) is 1. The number of H-pyrrole nitrogens is 1. The van der Waals surface area contributed by atoms with Crippen LogP contribution in [0.25, 0.3) is 0 Å². The van der Waals surface area contributed by atoms with Crippen LogP contribution in [-0.2, 0) is 4.74 Å². The van der Waals surface area contributed by atoms with Crippen LogP contribution in [0.1, 0.15) is 11.8 Å². The molecular formula is C10H12N2O3S. The van der Waals surface area contributed by atoms with Gasteiger partial charge in [0.05, 0.1) is 6.10 Å². The lowest BCUT2D eigenvalue weighted by Gasteiger charge is -2.15. The highest BCUT2D eigenvalue weighted by Crippen LogP contribution is 2.19. The highest BCUT2D eigenvalue weighted by Gasteiger charge is 2.20. The molecular weight excluding hydrogens is 228 g/mol. The summed E-state index contributed by atoms with van der Waals surface area (Å²) in [6.07, 6.45) is 4.58. The number of hydrogen-bond donors (Lipinski definition) is 2. The molecule has 0 radical (unpaired) electrons. The summed E-state index contributed by atoms with van der Waals surface area (Å²) in [6.45, 7) is 1.64. The Labute approximate surface area is 97.2 Å². The van der Waals surface area contributed by atoms with Crippen molar-refractivity contribution in [1.82, 2.24) is 9.55 Å². The summed E-state index contributed by atoms with van der Waals surface area (Å²) in [5.41, 5.74) is -0.357. The first-order valence-corrected chi connectivity index (χ1v) is 5.52. The summed E-state index contributed by atoms with van der Waals surface area (Å²) in [6, 6.07) is 0. The maximum Gasteiger partial charge on any atom is 0.330 e. The Morgan fingerprint density at radius 2 is 2.25 bits per heavy atom. The average molecular weight is 240 g/mol. The number of rotatable bonds is 2. The van der Waals surface area contributed by atoms with Crippen molar-refractivity contribution in [3.63, 3.8) is 0 Å². The molecule has 2 heterocycles. The van der Waals surface area contributed by atoms with Crippen LogP contribution in [0.15, 0.2) is 27.9 Å². The predicted molar refractivity (Wildman–Crippen MR) is 63.0 cm³/mol. The molecule has 5 nitrogen and oxygen atoms in total. The quantitative estimate of drug-likeness (QED) is 0.574. The van der Waals surface area contributed by atoms with E-state index in [1.54, 1.807) is 13.0 Å². The Morgan fingerprint density at radius 3 is 2.88 bits per heavy atom. The second-order valence-corrected chi connectivity index (χ2v) is 3.98. The first kappa shape index (κ1) is 11.2. The number of hydrogen-bond acceptors (Lipinski definition) is 4. The summed E-state index contributed by atoms with van der Waals surface area (Å²) >= 11 is 4.11. The molecule has 0 saturated carbocycles. The summed E-state index contributed by atoms with van der Waals surface area (Å²) in [5, 5.41) is 0. The smallest absolute Gasteiger partial charge is 0.330 e. The van der Waals surface area contributed by atoms with Gasteiger partial charge in [-0.2, -0.15) is 12.6 Å². The van der Waals surface area contributed by atoms with Crippen molar-refractivity contribution in [3.05, 3.63) is 44.8 Å². The van der Waals surface area contributed by atoms with E-state index in [4.69, 9.17) is 4.74 Å². The Bertz CT molecular complexity index is 532. The van der Waals surface area contributed by atoms with Crippen molar-refractivity contribution < 1.29 is 4.74 Å². The van der Waals surface area contributed by atoms with E-state index in [-0.39, 0.29) is 11.7 Å². The Balaban J connectivity index is 2.36. The van der Waals surface area contributed by atoms with Gasteiger partial charge in [0.15, 0.2) is 6.23 Å². The van der Waals surface area contributed by atoms with Crippen LogP contribution in [0.3, 0.4) is 0 Å². The zero-order valence-corrected chi connectivity index (χ0v) is 9.61. The van der Waals surface area contributed by atoms with Gasteiger partial charge in [0.1, 0.15) is 0 Å². The summed E-state index contributed by atoms with van der Waals surface area (Å²) < 4.78 is 6.88. The van der Waals surface area contributed by atoms with Crippen molar-refractivity contribution in [1.29, 1.82) is 0 Å². The molecule has 1 aromatic heterocycles. The van der Waals surface area contributed by atoms with Crippen molar-refractivity contribution in [2.45, 2.75) is 19.3 Å². The van der Waals surface area contributed by atoms with E-state index in [1.165, 1.54) is 10.8 Å². The van der Waals surface area contributed by atoms with Gasteiger partial charge in [0.25, 0.3) is 5.56 Å². The third kappa shape index (κ3) is 1.98.